The lowest BCUT2D eigenvalue weighted by Gasteiger charge is -1.96. The zero-order chi connectivity index (χ0) is 7.56. The zero-order valence-electron chi connectivity index (χ0n) is 5.01. The van der Waals surface area contributed by atoms with Crippen LogP contribution in [0.15, 0.2) is 12.3 Å². The number of aliphatic hydroxyl groups excluding tert-OH is 1. The van der Waals surface area contributed by atoms with Gasteiger partial charge in [-0.2, -0.15) is 0 Å². The molecule has 1 rings (SSSR count). The number of pyridine rings is 1. The van der Waals surface area contributed by atoms with E-state index in [4.69, 9.17) is 16.7 Å². The lowest BCUT2D eigenvalue weighted by molar-refractivity contribution is 0.281. The molecule has 4 heteroatoms. The van der Waals surface area contributed by atoms with E-state index in [2.05, 4.69) is 4.98 Å². The number of halogens is 2. The minimum Gasteiger partial charge on any atom is -0.392 e. The molecule has 0 aromatic carbocycles. The van der Waals surface area contributed by atoms with Gasteiger partial charge in [0.05, 0.1) is 11.6 Å². The molecule has 0 bridgehead atoms. The van der Waals surface area contributed by atoms with Crippen LogP contribution < -0.4 is 0 Å². The van der Waals surface area contributed by atoms with Crippen LogP contribution in [-0.2, 0) is 6.61 Å². The molecule has 2 nitrogen and oxygen atoms in total. The van der Waals surface area contributed by atoms with E-state index in [1.165, 1.54) is 0 Å². The summed E-state index contributed by atoms with van der Waals surface area (Å²) < 4.78 is 0.761. The maximum atomic E-state index is 8.65. The van der Waals surface area contributed by atoms with Gasteiger partial charge in [-0.25, -0.2) is 4.98 Å². The molecule has 0 radical (unpaired) electrons. The van der Waals surface area contributed by atoms with Crippen molar-refractivity contribution in [2.45, 2.75) is 6.61 Å². The molecule has 1 heterocycles. The van der Waals surface area contributed by atoms with Crippen molar-refractivity contribution in [1.82, 2.24) is 4.98 Å². The Bertz CT molecular complexity index is 241. The zero-order valence-corrected chi connectivity index (χ0v) is 7.93. The third kappa shape index (κ3) is 1.81. The summed E-state index contributed by atoms with van der Waals surface area (Å²) in [6.07, 6.45) is 1.60. The van der Waals surface area contributed by atoms with Gasteiger partial charge in [-0.1, -0.05) is 11.6 Å². The molecule has 54 valence electrons. The minimum absolute atomic E-state index is 0.0103. The third-order valence-corrected chi connectivity index (χ3v) is 2.50. The number of aromatic nitrogens is 1. The molecule has 0 amide bonds. The smallest absolute Gasteiger partial charge is 0.119 e. The summed E-state index contributed by atoms with van der Waals surface area (Å²) in [7, 11) is 0. The van der Waals surface area contributed by atoms with E-state index in [9.17, 15) is 0 Å². The van der Waals surface area contributed by atoms with Crippen molar-refractivity contribution in [2.24, 2.45) is 0 Å². The summed E-state index contributed by atoms with van der Waals surface area (Å²) in [5.74, 6) is 0. The summed E-state index contributed by atoms with van der Waals surface area (Å²) in [5.41, 5.74) is 0.741. The highest BCUT2D eigenvalue weighted by molar-refractivity contribution is 14.1. The quantitative estimate of drug-likeness (QED) is 0.623. The van der Waals surface area contributed by atoms with Crippen molar-refractivity contribution >= 4 is 34.2 Å². The van der Waals surface area contributed by atoms with E-state index in [0.29, 0.717) is 5.02 Å². The number of rotatable bonds is 1. The van der Waals surface area contributed by atoms with Gasteiger partial charge in [0.1, 0.15) is 3.70 Å². The molecule has 1 aromatic rings. The fourth-order valence-corrected chi connectivity index (χ4v) is 1.03. The molecule has 0 aliphatic rings. The lowest BCUT2D eigenvalue weighted by atomic mass is 10.3. The average Bonchev–Trinajstić information content (AvgIpc) is 1.95. The van der Waals surface area contributed by atoms with E-state index in [1.54, 1.807) is 12.3 Å². The van der Waals surface area contributed by atoms with Crippen LogP contribution in [0.1, 0.15) is 5.56 Å². The Morgan fingerprint density at radius 3 is 2.90 bits per heavy atom. The van der Waals surface area contributed by atoms with Crippen molar-refractivity contribution in [3.63, 3.8) is 0 Å². The maximum absolute atomic E-state index is 8.65. The predicted octanol–water partition coefficient (Wildman–Crippen LogP) is 1.83. The van der Waals surface area contributed by atoms with Gasteiger partial charge in [0.2, 0.25) is 0 Å². The summed E-state index contributed by atoms with van der Waals surface area (Å²) in [6.45, 7) is -0.0103. The van der Waals surface area contributed by atoms with Crippen LogP contribution in [0.4, 0.5) is 0 Å². The highest BCUT2D eigenvalue weighted by Crippen LogP contribution is 2.16. The van der Waals surface area contributed by atoms with Crippen LogP contribution in [0.3, 0.4) is 0 Å². The third-order valence-electron chi connectivity index (χ3n) is 1.04. The van der Waals surface area contributed by atoms with Gasteiger partial charge >= 0.3 is 0 Å². The molecule has 1 N–H and O–H groups in total. The van der Waals surface area contributed by atoms with Crippen LogP contribution >= 0.6 is 34.2 Å². The highest BCUT2D eigenvalue weighted by atomic mass is 127. The van der Waals surface area contributed by atoms with Gasteiger partial charge in [0.15, 0.2) is 0 Å². The molecule has 0 unspecified atom stereocenters. The number of hydrogen-bond donors (Lipinski definition) is 1. The Kier molecular flexibility index (Phi) is 2.88. The topological polar surface area (TPSA) is 33.1 Å². The second-order valence-electron chi connectivity index (χ2n) is 1.77. The van der Waals surface area contributed by atoms with Crippen molar-refractivity contribution in [2.75, 3.05) is 0 Å². The maximum Gasteiger partial charge on any atom is 0.119 e. The van der Waals surface area contributed by atoms with Crippen LogP contribution in [0.25, 0.3) is 0 Å². The van der Waals surface area contributed by atoms with Crippen molar-refractivity contribution < 1.29 is 5.11 Å². The van der Waals surface area contributed by atoms with Crippen molar-refractivity contribution in [3.05, 3.63) is 26.5 Å². The summed E-state index contributed by atoms with van der Waals surface area (Å²) in [5, 5.41) is 9.24. The summed E-state index contributed by atoms with van der Waals surface area (Å²) in [6, 6.07) is 1.70. The van der Waals surface area contributed by atoms with Gasteiger partial charge in [-0.15, -0.1) is 0 Å². The number of aliphatic hydroxyl groups is 1. The Morgan fingerprint density at radius 2 is 2.40 bits per heavy atom. The number of nitrogens with zero attached hydrogens (tertiary/aromatic N) is 1. The highest BCUT2D eigenvalue weighted by Gasteiger charge is 1.97. The van der Waals surface area contributed by atoms with Crippen molar-refractivity contribution in [3.8, 4) is 0 Å². The first kappa shape index (κ1) is 8.23. The summed E-state index contributed by atoms with van der Waals surface area (Å²) in [4.78, 5) is 3.94. The van der Waals surface area contributed by atoms with Crippen molar-refractivity contribution in [1.29, 1.82) is 0 Å². The first-order valence-electron chi connectivity index (χ1n) is 2.65. The summed E-state index contributed by atoms with van der Waals surface area (Å²) >= 11 is 7.74. The molecule has 0 fully saturated rings. The Hall–Kier alpha value is 0.130. The van der Waals surface area contributed by atoms with Crippen LogP contribution in [0.5, 0.6) is 0 Å². The standard InChI is InChI=1S/C6H5ClINO/c7-5-1-4(3-10)2-9-6(5)8/h1-2,10H,3H2. The fourth-order valence-electron chi connectivity index (χ4n) is 0.547. The normalized spacial score (nSPS) is 9.90. The number of hydrogen-bond acceptors (Lipinski definition) is 2. The van der Waals surface area contributed by atoms with Gasteiger partial charge in [0.25, 0.3) is 0 Å². The molecule has 0 aliphatic carbocycles. The molecule has 0 atom stereocenters. The molecule has 0 saturated carbocycles. The van der Waals surface area contributed by atoms with E-state index < -0.39 is 0 Å². The predicted molar refractivity (Wildman–Crippen MR) is 47.9 cm³/mol. The van der Waals surface area contributed by atoms with E-state index >= 15 is 0 Å². The molecule has 0 spiro atoms. The Morgan fingerprint density at radius 1 is 1.70 bits per heavy atom. The Balaban J connectivity index is 3.04. The molecular formula is C6H5ClINO. The minimum atomic E-state index is -0.0103. The first-order valence-corrected chi connectivity index (χ1v) is 4.10. The van der Waals surface area contributed by atoms with E-state index in [1.807, 2.05) is 22.6 Å². The largest absolute Gasteiger partial charge is 0.392 e. The van der Waals surface area contributed by atoms with Crippen LogP contribution in [-0.4, -0.2) is 10.1 Å². The van der Waals surface area contributed by atoms with E-state index in [-0.39, 0.29) is 6.61 Å². The monoisotopic (exact) mass is 269 g/mol. The van der Waals surface area contributed by atoms with Gasteiger partial charge < -0.3 is 5.11 Å². The Labute approximate surface area is 77.4 Å². The average molecular weight is 269 g/mol. The van der Waals surface area contributed by atoms with Crippen LogP contribution in [0, 0.1) is 3.70 Å². The fraction of sp³-hybridized carbons (Fsp3) is 0.167. The first-order chi connectivity index (χ1) is 4.74. The molecule has 10 heavy (non-hydrogen) atoms. The van der Waals surface area contributed by atoms with Gasteiger partial charge in [0, 0.05) is 6.20 Å². The lowest BCUT2D eigenvalue weighted by Crippen LogP contribution is -1.87. The second kappa shape index (κ2) is 3.50. The SMILES string of the molecule is OCc1cnc(I)c(Cl)c1. The van der Waals surface area contributed by atoms with Gasteiger partial charge in [-0.05, 0) is 34.2 Å². The molecule has 0 aliphatic heterocycles. The second-order valence-corrected chi connectivity index (χ2v) is 3.20. The van der Waals surface area contributed by atoms with Gasteiger partial charge in [-0.3, -0.25) is 0 Å². The molecule has 1 aromatic heterocycles. The van der Waals surface area contributed by atoms with Crippen LogP contribution in [0.2, 0.25) is 5.02 Å². The molecular weight excluding hydrogens is 264 g/mol. The van der Waals surface area contributed by atoms with E-state index in [0.717, 1.165) is 9.26 Å². The molecule has 0 saturated heterocycles.